The highest BCUT2D eigenvalue weighted by atomic mass is 16.2. The molecule has 2 N–H and O–H groups in total. The summed E-state index contributed by atoms with van der Waals surface area (Å²) in [5, 5.41) is 10.3. The third-order valence-corrected chi connectivity index (χ3v) is 3.56. The van der Waals surface area contributed by atoms with Gasteiger partial charge in [0.05, 0.1) is 6.20 Å². The molecule has 1 aliphatic heterocycles. The Balaban J connectivity index is 1.49. The molecule has 1 aromatic heterocycles. The van der Waals surface area contributed by atoms with Gasteiger partial charge in [0.25, 0.3) is 0 Å². The van der Waals surface area contributed by atoms with Crippen molar-refractivity contribution in [3.63, 3.8) is 0 Å². The highest BCUT2D eigenvalue weighted by molar-refractivity contribution is 5.87. The number of amides is 1. The van der Waals surface area contributed by atoms with Gasteiger partial charge in [0.2, 0.25) is 5.91 Å². The Labute approximate surface area is 118 Å². The fourth-order valence-corrected chi connectivity index (χ4v) is 2.51. The van der Waals surface area contributed by atoms with E-state index in [1.807, 2.05) is 37.6 Å². The molecule has 5 heteroatoms. The molecular weight excluding hydrogens is 252 g/mol. The van der Waals surface area contributed by atoms with Crippen molar-refractivity contribution in [2.45, 2.75) is 18.9 Å². The maximum Gasteiger partial charge on any atom is 0.242 e. The number of aromatic nitrogens is 2. The van der Waals surface area contributed by atoms with Crippen molar-refractivity contribution in [1.82, 2.24) is 15.1 Å². The van der Waals surface area contributed by atoms with Crippen LogP contribution in [0.4, 0.5) is 5.69 Å². The van der Waals surface area contributed by atoms with Crippen molar-refractivity contribution in [2.24, 2.45) is 7.05 Å². The summed E-state index contributed by atoms with van der Waals surface area (Å²) in [6.45, 7) is 0.638. The molecule has 2 aromatic rings. The summed E-state index contributed by atoms with van der Waals surface area (Å²) in [4.78, 5) is 12.1. The second-order valence-corrected chi connectivity index (χ2v) is 5.12. The number of anilines is 1. The number of para-hydroxylation sites is 1. The first-order valence-electron chi connectivity index (χ1n) is 6.82. The number of benzene rings is 1. The number of nitrogens with zero attached hydrogens (tertiary/aromatic N) is 2. The molecule has 0 bridgehead atoms. The number of rotatable bonds is 4. The monoisotopic (exact) mass is 270 g/mol. The van der Waals surface area contributed by atoms with Crippen molar-refractivity contribution in [1.29, 1.82) is 0 Å². The number of aryl methyl sites for hydroxylation is 1. The van der Waals surface area contributed by atoms with E-state index in [1.165, 1.54) is 5.56 Å². The van der Waals surface area contributed by atoms with E-state index in [-0.39, 0.29) is 11.9 Å². The molecule has 3 rings (SSSR count). The molecule has 20 heavy (non-hydrogen) atoms. The lowest BCUT2D eigenvalue weighted by Gasteiger charge is -2.11. The van der Waals surface area contributed by atoms with Gasteiger partial charge in [-0.1, -0.05) is 18.2 Å². The summed E-state index contributed by atoms with van der Waals surface area (Å²) in [5.41, 5.74) is 3.41. The first-order valence-corrected chi connectivity index (χ1v) is 6.82. The summed E-state index contributed by atoms with van der Waals surface area (Å²) in [5.74, 6) is 0.0603. The van der Waals surface area contributed by atoms with Gasteiger partial charge in [-0.15, -0.1) is 0 Å². The second-order valence-electron chi connectivity index (χ2n) is 5.12. The third-order valence-electron chi connectivity index (χ3n) is 3.56. The zero-order valence-electron chi connectivity index (χ0n) is 11.5. The molecule has 1 aromatic carbocycles. The lowest BCUT2D eigenvalue weighted by molar-refractivity contribution is -0.121. The number of carbonyl (C=O) groups is 1. The van der Waals surface area contributed by atoms with Crippen molar-refractivity contribution < 1.29 is 4.79 Å². The summed E-state index contributed by atoms with van der Waals surface area (Å²) in [6.07, 6.45) is 5.36. The second kappa shape index (κ2) is 5.36. The van der Waals surface area contributed by atoms with Gasteiger partial charge in [-0.05, 0) is 23.6 Å². The highest BCUT2D eigenvalue weighted by Gasteiger charge is 2.25. The number of carbonyl (C=O) groups excluding carboxylic acids is 1. The zero-order chi connectivity index (χ0) is 13.9. The Hall–Kier alpha value is -2.30. The fourth-order valence-electron chi connectivity index (χ4n) is 2.51. The maximum atomic E-state index is 12.1. The molecule has 1 unspecified atom stereocenters. The largest absolute Gasteiger partial charge is 0.373 e. The number of hydrogen-bond donors (Lipinski definition) is 2. The van der Waals surface area contributed by atoms with Crippen LogP contribution in [0.1, 0.15) is 11.1 Å². The SMILES string of the molecule is Cn1cc(CCNC(=O)C2Cc3ccccc3N2)cn1. The van der Waals surface area contributed by atoms with Crippen LogP contribution in [0, 0.1) is 0 Å². The lowest BCUT2D eigenvalue weighted by Crippen LogP contribution is -2.39. The first kappa shape index (κ1) is 12.7. The molecule has 0 saturated heterocycles. The van der Waals surface area contributed by atoms with E-state index >= 15 is 0 Å². The smallest absolute Gasteiger partial charge is 0.242 e. The van der Waals surface area contributed by atoms with Crippen LogP contribution < -0.4 is 10.6 Å². The average Bonchev–Trinajstić information content (AvgIpc) is 3.04. The molecule has 1 atom stereocenters. The molecule has 0 aliphatic carbocycles. The standard InChI is InChI=1S/C15H18N4O/c1-19-10-11(9-17-19)6-7-16-15(20)14-8-12-4-2-3-5-13(12)18-14/h2-5,9-10,14,18H,6-8H2,1H3,(H,16,20). The third kappa shape index (κ3) is 2.66. The summed E-state index contributed by atoms with van der Waals surface area (Å²) in [6, 6.07) is 7.91. The highest BCUT2D eigenvalue weighted by Crippen LogP contribution is 2.24. The first-order chi connectivity index (χ1) is 9.72. The minimum Gasteiger partial charge on any atom is -0.373 e. The zero-order valence-corrected chi connectivity index (χ0v) is 11.5. The topological polar surface area (TPSA) is 59.0 Å². The number of hydrogen-bond acceptors (Lipinski definition) is 3. The molecule has 2 heterocycles. The van der Waals surface area contributed by atoms with Crippen LogP contribution in [0.3, 0.4) is 0 Å². The molecule has 5 nitrogen and oxygen atoms in total. The lowest BCUT2D eigenvalue weighted by atomic mass is 10.1. The molecule has 0 radical (unpaired) electrons. The molecule has 1 amide bonds. The average molecular weight is 270 g/mol. The minimum absolute atomic E-state index is 0.0603. The minimum atomic E-state index is -0.152. The quantitative estimate of drug-likeness (QED) is 0.875. The van der Waals surface area contributed by atoms with Crippen LogP contribution in [0.2, 0.25) is 0 Å². The van der Waals surface area contributed by atoms with Gasteiger partial charge < -0.3 is 10.6 Å². The van der Waals surface area contributed by atoms with Crippen molar-refractivity contribution in [3.8, 4) is 0 Å². The van der Waals surface area contributed by atoms with Gasteiger partial charge in [-0.2, -0.15) is 5.10 Å². The molecular formula is C15H18N4O. The van der Waals surface area contributed by atoms with Gasteiger partial charge in [0, 0.05) is 31.9 Å². The molecule has 104 valence electrons. The van der Waals surface area contributed by atoms with E-state index in [4.69, 9.17) is 0 Å². The van der Waals surface area contributed by atoms with Crippen LogP contribution in [-0.4, -0.2) is 28.3 Å². The van der Waals surface area contributed by atoms with Crippen molar-refractivity contribution in [2.75, 3.05) is 11.9 Å². The summed E-state index contributed by atoms with van der Waals surface area (Å²) in [7, 11) is 1.89. The van der Waals surface area contributed by atoms with Crippen LogP contribution in [-0.2, 0) is 24.7 Å². The Kier molecular flexibility index (Phi) is 3.41. The number of fused-ring (bicyclic) bond motifs is 1. The molecule has 0 saturated carbocycles. The van der Waals surface area contributed by atoms with Crippen LogP contribution >= 0.6 is 0 Å². The van der Waals surface area contributed by atoms with Crippen molar-refractivity contribution in [3.05, 3.63) is 47.8 Å². The summed E-state index contributed by atoms with van der Waals surface area (Å²) >= 11 is 0. The Morgan fingerprint density at radius 1 is 1.50 bits per heavy atom. The summed E-state index contributed by atoms with van der Waals surface area (Å²) < 4.78 is 1.77. The molecule has 0 spiro atoms. The Bertz CT molecular complexity index is 595. The van der Waals surface area contributed by atoms with E-state index in [2.05, 4.69) is 21.8 Å². The van der Waals surface area contributed by atoms with E-state index in [9.17, 15) is 4.79 Å². The fraction of sp³-hybridized carbons (Fsp3) is 0.333. The predicted molar refractivity (Wildman–Crippen MR) is 77.5 cm³/mol. The van der Waals surface area contributed by atoms with E-state index in [0.29, 0.717) is 6.54 Å². The maximum absolute atomic E-state index is 12.1. The van der Waals surface area contributed by atoms with Gasteiger partial charge in [0.1, 0.15) is 6.04 Å². The number of nitrogens with one attached hydrogen (secondary N) is 2. The van der Waals surface area contributed by atoms with Crippen LogP contribution in [0.5, 0.6) is 0 Å². The van der Waals surface area contributed by atoms with Crippen molar-refractivity contribution >= 4 is 11.6 Å². The predicted octanol–water partition coefficient (Wildman–Crippen LogP) is 1.12. The Morgan fingerprint density at radius 2 is 2.35 bits per heavy atom. The van der Waals surface area contributed by atoms with E-state index in [0.717, 1.165) is 24.1 Å². The van der Waals surface area contributed by atoms with Gasteiger partial charge in [0.15, 0.2) is 0 Å². The normalized spacial score (nSPS) is 16.6. The van der Waals surface area contributed by atoms with Crippen LogP contribution in [0.15, 0.2) is 36.7 Å². The molecule has 0 fully saturated rings. The van der Waals surface area contributed by atoms with Gasteiger partial charge in [-0.3, -0.25) is 9.48 Å². The molecule has 1 aliphatic rings. The van der Waals surface area contributed by atoms with Gasteiger partial charge >= 0.3 is 0 Å². The van der Waals surface area contributed by atoms with E-state index < -0.39 is 0 Å². The van der Waals surface area contributed by atoms with Gasteiger partial charge in [-0.25, -0.2) is 0 Å². The van der Waals surface area contributed by atoms with Crippen LogP contribution in [0.25, 0.3) is 0 Å². The Morgan fingerprint density at radius 3 is 3.10 bits per heavy atom. The van der Waals surface area contributed by atoms with E-state index in [1.54, 1.807) is 4.68 Å².